The Balaban J connectivity index is 1.47. The Morgan fingerprint density at radius 3 is 3.09 bits per heavy atom. The second-order valence-corrected chi connectivity index (χ2v) is 6.15. The molecule has 1 N–H and O–H groups in total. The van der Waals surface area contributed by atoms with Gasteiger partial charge in [0, 0.05) is 24.7 Å². The van der Waals surface area contributed by atoms with E-state index in [4.69, 9.17) is 0 Å². The van der Waals surface area contributed by atoms with Crippen molar-refractivity contribution in [1.29, 1.82) is 0 Å². The van der Waals surface area contributed by atoms with Crippen LogP contribution in [0.3, 0.4) is 0 Å². The lowest BCUT2D eigenvalue weighted by atomic mass is 10.0. The van der Waals surface area contributed by atoms with E-state index in [2.05, 4.69) is 22.1 Å². The lowest BCUT2D eigenvalue weighted by Crippen LogP contribution is -2.31. The van der Waals surface area contributed by atoms with Gasteiger partial charge in [0.1, 0.15) is 6.54 Å². The van der Waals surface area contributed by atoms with Crippen molar-refractivity contribution >= 4 is 16.9 Å². The van der Waals surface area contributed by atoms with E-state index in [9.17, 15) is 4.79 Å². The summed E-state index contributed by atoms with van der Waals surface area (Å²) in [5.74, 6) is 0.508. The lowest BCUT2D eigenvalue weighted by Gasteiger charge is -2.17. The average molecular weight is 309 g/mol. The molecule has 0 aliphatic carbocycles. The molecule has 1 amide bonds. The minimum absolute atomic E-state index is 0.146. The standard InChI is InChI=1S/C17H19N5O/c1-12-8-19-20-17(12)13-6-7-21(9-13)16(23)10-22-11-18-14-4-2-3-5-15(14)22/h2-5,8,11,13H,6-7,9-10H2,1H3,(H,19,20). The van der Waals surface area contributed by atoms with Gasteiger partial charge in [-0.2, -0.15) is 5.10 Å². The Morgan fingerprint density at radius 1 is 1.39 bits per heavy atom. The molecule has 4 rings (SSSR count). The number of aryl methyl sites for hydroxylation is 1. The molecule has 23 heavy (non-hydrogen) atoms. The number of nitrogens with zero attached hydrogens (tertiary/aromatic N) is 4. The van der Waals surface area contributed by atoms with Crippen LogP contribution in [-0.2, 0) is 11.3 Å². The predicted molar refractivity (Wildman–Crippen MR) is 87.0 cm³/mol. The van der Waals surface area contributed by atoms with Gasteiger partial charge < -0.3 is 9.47 Å². The highest BCUT2D eigenvalue weighted by Crippen LogP contribution is 2.28. The number of imidazole rings is 1. The van der Waals surface area contributed by atoms with Gasteiger partial charge in [0.2, 0.25) is 5.91 Å². The van der Waals surface area contributed by atoms with Gasteiger partial charge in [-0.05, 0) is 31.0 Å². The normalized spacial score (nSPS) is 18.0. The Kier molecular flexibility index (Phi) is 3.37. The fourth-order valence-corrected chi connectivity index (χ4v) is 3.37. The molecule has 0 radical (unpaired) electrons. The van der Waals surface area contributed by atoms with Crippen molar-refractivity contribution in [3.8, 4) is 0 Å². The molecule has 6 nitrogen and oxygen atoms in total. The van der Waals surface area contributed by atoms with E-state index in [-0.39, 0.29) is 5.91 Å². The molecular formula is C17H19N5O. The molecule has 1 atom stereocenters. The third-order valence-corrected chi connectivity index (χ3v) is 4.65. The van der Waals surface area contributed by atoms with Gasteiger partial charge in [-0.1, -0.05) is 12.1 Å². The fourth-order valence-electron chi connectivity index (χ4n) is 3.37. The number of aromatic nitrogens is 4. The zero-order valence-electron chi connectivity index (χ0n) is 13.1. The van der Waals surface area contributed by atoms with Crippen LogP contribution in [0.1, 0.15) is 23.6 Å². The first-order chi connectivity index (χ1) is 11.2. The molecular weight excluding hydrogens is 290 g/mol. The number of likely N-dealkylation sites (tertiary alicyclic amines) is 1. The molecule has 3 aromatic rings. The zero-order chi connectivity index (χ0) is 15.8. The molecule has 0 saturated carbocycles. The number of benzene rings is 1. The van der Waals surface area contributed by atoms with Gasteiger partial charge in [0.25, 0.3) is 0 Å². The highest BCUT2D eigenvalue weighted by molar-refractivity contribution is 5.80. The van der Waals surface area contributed by atoms with E-state index >= 15 is 0 Å². The predicted octanol–water partition coefficient (Wildman–Crippen LogP) is 2.08. The van der Waals surface area contributed by atoms with Gasteiger partial charge in [-0.25, -0.2) is 4.98 Å². The molecule has 6 heteroatoms. The monoisotopic (exact) mass is 309 g/mol. The molecule has 1 unspecified atom stereocenters. The second-order valence-electron chi connectivity index (χ2n) is 6.15. The molecule has 3 heterocycles. The van der Waals surface area contributed by atoms with Crippen LogP contribution in [0, 0.1) is 6.92 Å². The van der Waals surface area contributed by atoms with Gasteiger partial charge in [0.05, 0.1) is 23.6 Å². The summed E-state index contributed by atoms with van der Waals surface area (Å²) < 4.78 is 1.92. The van der Waals surface area contributed by atoms with E-state index in [0.29, 0.717) is 12.5 Å². The van der Waals surface area contributed by atoms with Gasteiger partial charge in [-0.3, -0.25) is 9.89 Å². The Hall–Kier alpha value is -2.63. The van der Waals surface area contributed by atoms with E-state index in [1.165, 1.54) is 5.56 Å². The summed E-state index contributed by atoms with van der Waals surface area (Å²) in [4.78, 5) is 18.9. The molecule has 1 fully saturated rings. The number of aromatic amines is 1. The first-order valence-corrected chi connectivity index (χ1v) is 7.90. The number of rotatable bonds is 3. The number of hydrogen-bond acceptors (Lipinski definition) is 3. The molecule has 1 aliphatic heterocycles. The summed E-state index contributed by atoms with van der Waals surface area (Å²) in [5.41, 5.74) is 4.26. The van der Waals surface area contributed by atoms with Crippen molar-refractivity contribution in [2.75, 3.05) is 13.1 Å². The van der Waals surface area contributed by atoms with Crippen LogP contribution < -0.4 is 0 Å². The van der Waals surface area contributed by atoms with Crippen molar-refractivity contribution in [3.63, 3.8) is 0 Å². The first-order valence-electron chi connectivity index (χ1n) is 7.90. The number of carbonyl (C=O) groups is 1. The Bertz CT molecular complexity index is 849. The maximum absolute atomic E-state index is 12.6. The molecule has 118 valence electrons. The van der Waals surface area contributed by atoms with Crippen LogP contribution in [0.5, 0.6) is 0 Å². The Morgan fingerprint density at radius 2 is 2.26 bits per heavy atom. The van der Waals surface area contributed by atoms with Crippen LogP contribution in [0.15, 0.2) is 36.8 Å². The highest BCUT2D eigenvalue weighted by atomic mass is 16.2. The van der Waals surface area contributed by atoms with Crippen LogP contribution in [0.2, 0.25) is 0 Å². The quantitative estimate of drug-likeness (QED) is 0.805. The molecule has 2 aromatic heterocycles. The molecule has 0 bridgehead atoms. The third-order valence-electron chi connectivity index (χ3n) is 4.65. The summed E-state index contributed by atoms with van der Waals surface area (Å²) >= 11 is 0. The van der Waals surface area contributed by atoms with Crippen LogP contribution in [0.25, 0.3) is 11.0 Å². The van der Waals surface area contributed by atoms with Gasteiger partial charge in [0.15, 0.2) is 0 Å². The van der Waals surface area contributed by atoms with Crippen LogP contribution >= 0.6 is 0 Å². The highest BCUT2D eigenvalue weighted by Gasteiger charge is 2.29. The molecule has 1 saturated heterocycles. The summed E-state index contributed by atoms with van der Waals surface area (Å²) in [6.07, 6.45) is 4.58. The molecule has 1 aromatic carbocycles. The fraction of sp³-hybridized carbons (Fsp3) is 0.353. The number of para-hydroxylation sites is 2. The Labute approximate surface area is 134 Å². The second kappa shape index (κ2) is 5.53. The minimum Gasteiger partial charge on any atom is -0.340 e. The van der Waals surface area contributed by atoms with Crippen molar-refractivity contribution in [2.45, 2.75) is 25.8 Å². The minimum atomic E-state index is 0.146. The van der Waals surface area contributed by atoms with Gasteiger partial charge >= 0.3 is 0 Å². The molecule has 0 spiro atoms. The summed E-state index contributed by atoms with van der Waals surface area (Å²) in [6.45, 7) is 3.96. The third kappa shape index (κ3) is 2.50. The van der Waals surface area contributed by atoms with Crippen molar-refractivity contribution in [3.05, 3.63) is 48.0 Å². The largest absolute Gasteiger partial charge is 0.340 e. The number of fused-ring (bicyclic) bond motifs is 1. The van der Waals surface area contributed by atoms with E-state index < -0.39 is 0 Å². The van der Waals surface area contributed by atoms with Crippen LogP contribution in [-0.4, -0.2) is 43.6 Å². The topological polar surface area (TPSA) is 66.8 Å². The van der Waals surface area contributed by atoms with Crippen molar-refractivity contribution in [2.24, 2.45) is 0 Å². The number of carbonyl (C=O) groups excluding carboxylic acids is 1. The van der Waals surface area contributed by atoms with E-state index in [0.717, 1.165) is 36.2 Å². The maximum atomic E-state index is 12.6. The first kappa shape index (κ1) is 14.0. The maximum Gasteiger partial charge on any atom is 0.242 e. The number of nitrogens with one attached hydrogen (secondary N) is 1. The summed E-state index contributed by atoms with van der Waals surface area (Å²) in [5, 5.41) is 7.16. The van der Waals surface area contributed by atoms with E-state index in [1.807, 2.05) is 39.9 Å². The average Bonchev–Trinajstić information content (AvgIpc) is 3.27. The van der Waals surface area contributed by atoms with Gasteiger partial charge in [-0.15, -0.1) is 0 Å². The summed E-state index contributed by atoms with van der Waals surface area (Å²) in [7, 11) is 0. The van der Waals surface area contributed by atoms with Crippen LogP contribution in [0.4, 0.5) is 0 Å². The smallest absolute Gasteiger partial charge is 0.242 e. The van der Waals surface area contributed by atoms with Crippen molar-refractivity contribution in [1.82, 2.24) is 24.6 Å². The SMILES string of the molecule is Cc1cn[nH]c1C1CCN(C(=O)Cn2cnc3ccccc32)C1. The van der Waals surface area contributed by atoms with Crippen molar-refractivity contribution < 1.29 is 4.79 Å². The van der Waals surface area contributed by atoms with E-state index in [1.54, 1.807) is 6.33 Å². The lowest BCUT2D eigenvalue weighted by molar-refractivity contribution is -0.130. The zero-order valence-corrected chi connectivity index (χ0v) is 13.1. The number of H-pyrrole nitrogens is 1. The number of hydrogen-bond donors (Lipinski definition) is 1. The molecule has 1 aliphatic rings. The summed E-state index contributed by atoms with van der Waals surface area (Å²) in [6, 6.07) is 7.89. The number of amides is 1.